The van der Waals surface area contributed by atoms with E-state index in [4.69, 9.17) is 4.74 Å². The lowest BCUT2D eigenvalue weighted by Crippen LogP contribution is -2.29. The first-order chi connectivity index (χ1) is 10.5. The molecule has 1 heterocycles. The second-order valence-corrected chi connectivity index (χ2v) is 5.84. The normalized spacial score (nSPS) is 10.8. The number of benzene rings is 1. The van der Waals surface area contributed by atoms with Crippen molar-refractivity contribution in [1.29, 1.82) is 0 Å². The number of methoxy groups -OCH3 is 1. The third-order valence-corrected chi connectivity index (χ3v) is 3.82. The van der Waals surface area contributed by atoms with E-state index in [1.807, 2.05) is 12.3 Å². The number of hydrogen-bond donors (Lipinski definition) is 1. The monoisotopic (exact) mass is 323 g/mol. The Morgan fingerprint density at radius 1 is 1.50 bits per heavy atom. The number of carbonyl (C=O) groups excluding carboxylic acids is 1. The van der Waals surface area contributed by atoms with Crippen molar-refractivity contribution in [2.75, 3.05) is 26.0 Å². The van der Waals surface area contributed by atoms with Crippen LogP contribution < -0.4 is 10.1 Å². The average molecular weight is 323 g/mol. The zero-order valence-corrected chi connectivity index (χ0v) is 13.5. The van der Waals surface area contributed by atoms with E-state index < -0.39 is 5.82 Å². The van der Waals surface area contributed by atoms with Gasteiger partial charge in [0.2, 0.25) is 5.91 Å². The number of aromatic nitrogens is 1. The minimum absolute atomic E-state index is 0.147. The summed E-state index contributed by atoms with van der Waals surface area (Å²) in [5.41, 5.74) is 1.65. The molecule has 5 nitrogen and oxygen atoms in total. The van der Waals surface area contributed by atoms with Gasteiger partial charge in [-0.15, -0.1) is 11.3 Å². The van der Waals surface area contributed by atoms with Crippen LogP contribution in [0.2, 0.25) is 0 Å². The van der Waals surface area contributed by atoms with Crippen LogP contribution in [0.3, 0.4) is 0 Å². The van der Waals surface area contributed by atoms with Crippen molar-refractivity contribution in [3.05, 3.63) is 40.7 Å². The van der Waals surface area contributed by atoms with Gasteiger partial charge in [0.05, 0.1) is 19.3 Å². The van der Waals surface area contributed by atoms with E-state index in [1.54, 1.807) is 24.1 Å². The van der Waals surface area contributed by atoms with Gasteiger partial charge in [0.25, 0.3) is 0 Å². The molecule has 118 valence electrons. The van der Waals surface area contributed by atoms with Crippen molar-refractivity contribution in [3.63, 3.8) is 0 Å². The maximum atomic E-state index is 13.6. The van der Waals surface area contributed by atoms with Crippen LogP contribution >= 0.6 is 11.3 Å². The molecular formula is C15H18FN3O2S. The van der Waals surface area contributed by atoms with E-state index in [-0.39, 0.29) is 18.2 Å². The van der Waals surface area contributed by atoms with E-state index in [0.717, 1.165) is 11.3 Å². The highest BCUT2D eigenvalue weighted by molar-refractivity contribution is 7.13. The smallest absolute Gasteiger partial charge is 0.240 e. The highest BCUT2D eigenvalue weighted by Gasteiger charge is 2.10. The summed E-state index contributed by atoms with van der Waals surface area (Å²) in [6.45, 7) is 2.54. The molecule has 2 rings (SSSR count). The van der Waals surface area contributed by atoms with E-state index >= 15 is 0 Å². The average Bonchev–Trinajstić information content (AvgIpc) is 2.83. The molecule has 2 aromatic rings. The van der Waals surface area contributed by atoms with Crippen LogP contribution in [0.25, 0.3) is 0 Å². The minimum atomic E-state index is -0.406. The number of nitrogens with zero attached hydrogens (tertiary/aromatic N) is 2. The van der Waals surface area contributed by atoms with Crippen molar-refractivity contribution in [2.45, 2.75) is 13.5 Å². The lowest BCUT2D eigenvalue weighted by Gasteiger charge is -2.16. The Morgan fingerprint density at radius 3 is 2.86 bits per heavy atom. The van der Waals surface area contributed by atoms with E-state index in [9.17, 15) is 9.18 Å². The Morgan fingerprint density at radius 2 is 2.27 bits per heavy atom. The van der Waals surface area contributed by atoms with Gasteiger partial charge in [-0.25, -0.2) is 9.37 Å². The number of hydrogen-bond acceptors (Lipinski definition) is 5. The van der Waals surface area contributed by atoms with Gasteiger partial charge in [-0.1, -0.05) is 6.07 Å². The zero-order chi connectivity index (χ0) is 16.1. The quantitative estimate of drug-likeness (QED) is 0.888. The van der Waals surface area contributed by atoms with Crippen LogP contribution in [0.5, 0.6) is 5.75 Å². The summed E-state index contributed by atoms with van der Waals surface area (Å²) in [7, 11) is 3.23. The van der Waals surface area contributed by atoms with Crippen LogP contribution in [-0.4, -0.2) is 36.5 Å². The van der Waals surface area contributed by atoms with E-state index in [2.05, 4.69) is 10.3 Å². The van der Waals surface area contributed by atoms with Crippen LogP contribution in [0, 0.1) is 12.7 Å². The van der Waals surface area contributed by atoms with Gasteiger partial charge < -0.3 is 10.1 Å². The first-order valence-corrected chi connectivity index (χ1v) is 7.59. The molecule has 0 fully saturated rings. The fourth-order valence-corrected chi connectivity index (χ4v) is 2.70. The number of amides is 1. The number of ether oxygens (including phenoxy) is 1. The lowest BCUT2D eigenvalue weighted by atomic mass is 10.2. The zero-order valence-electron chi connectivity index (χ0n) is 12.7. The SMILES string of the molecule is COc1ccc(CN(C)CC(=O)Nc2nc(C)cs2)cc1F. The predicted octanol–water partition coefficient (Wildman–Crippen LogP) is 2.67. The molecule has 0 saturated carbocycles. The van der Waals surface area contributed by atoms with Crippen LogP contribution in [-0.2, 0) is 11.3 Å². The standard InChI is InChI=1S/C15H18FN3O2S/c1-10-9-22-15(17-10)18-14(20)8-19(2)7-11-4-5-13(21-3)12(16)6-11/h4-6,9H,7-8H2,1-3H3,(H,17,18,20). The molecule has 7 heteroatoms. The minimum Gasteiger partial charge on any atom is -0.494 e. The summed E-state index contributed by atoms with van der Waals surface area (Å²) in [6, 6.07) is 4.77. The first-order valence-electron chi connectivity index (χ1n) is 6.71. The molecule has 0 aliphatic heterocycles. The molecule has 1 N–H and O–H groups in total. The number of nitrogens with one attached hydrogen (secondary N) is 1. The Balaban J connectivity index is 1.88. The molecule has 0 bridgehead atoms. The molecule has 0 atom stereocenters. The van der Waals surface area contributed by atoms with Crippen LogP contribution in [0.1, 0.15) is 11.3 Å². The second-order valence-electron chi connectivity index (χ2n) is 4.98. The van der Waals surface area contributed by atoms with Crippen molar-refractivity contribution in [2.24, 2.45) is 0 Å². The number of carbonyl (C=O) groups is 1. The maximum Gasteiger partial charge on any atom is 0.240 e. The molecule has 1 aromatic heterocycles. The lowest BCUT2D eigenvalue weighted by molar-refractivity contribution is -0.117. The molecule has 0 aliphatic carbocycles. The van der Waals surface area contributed by atoms with Crippen molar-refractivity contribution < 1.29 is 13.9 Å². The highest BCUT2D eigenvalue weighted by Crippen LogP contribution is 2.18. The maximum absolute atomic E-state index is 13.6. The number of thiazole rings is 1. The van der Waals surface area contributed by atoms with Crippen LogP contribution in [0.15, 0.2) is 23.6 Å². The Kier molecular flexibility index (Phi) is 5.46. The Bertz CT molecular complexity index is 660. The van der Waals surface area contributed by atoms with Gasteiger partial charge in [-0.3, -0.25) is 9.69 Å². The molecule has 0 unspecified atom stereocenters. The van der Waals surface area contributed by atoms with Gasteiger partial charge in [0.1, 0.15) is 0 Å². The fraction of sp³-hybridized carbons (Fsp3) is 0.333. The van der Waals surface area contributed by atoms with E-state index in [1.165, 1.54) is 24.5 Å². The number of aryl methyl sites for hydroxylation is 1. The molecular weight excluding hydrogens is 305 g/mol. The summed E-state index contributed by atoms with van der Waals surface area (Å²) in [6.07, 6.45) is 0. The fourth-order valence-electron chi connectivity index (χ4n) is 1.99. The summed E-state index contributed by atoms with van der Waals surface area (Å²) in [4.78, 5) is 17.9. The van der Waals surface area contributed by atoms with Crippen LogP contribution in [0.4, 0.5) is 9.52 Å². The van der Waals surface area contributed by atoms with Crippen molar-refractivity contribution >= 4 is 22.4 Å². The summed E-state index contributed by atoms with van der Waals surface area (Å²) in [5.74, 6) is -0.342. The van der Waals surface area contributed by atoms with Gasteiger partial charge in [0.15, 0.2) is 16.7 Å². The highest BCUT2D eigenvalue weighted by atomic mass is 32.1. The van der Waals surface area contributed by atoms with E-state index in [0.29, 0.717) is 11.7 Å². The third-order valence-electron chi connectivity index (χ3n) is 2.95. The molecule has 0 spiro atoms. The summed E-state index contributed by atoms with van der Waals surface area (Å²) in [5, 5.41) is 5.21. The van der Waals surface area contributed by atoms with Gasteiger partial charge >= 0.3 is 0 Å². The molecule has 0 aliphatic rings. The van der Waals surface area contributed by atoms with Crippen molar-refractivity contribution in [1.82, 2.24) is 9.88 Å². The molecule has 0 saturated heterocycles. The topological polar surface area (TPSA) is 54.5 Å². The molecule has 0 radical (unpaired) electrons. The summed E-state index contributed by atoms with van der Waals surface area (Å²) < 4.78 is 18.5. The predicted molar refractivity (Wildman–Crippen MR) is 84.8 cm³/mol. The third kappa shape index (κ3) is 4.51. The molecule has 22 heavy (non-hydrogen) atoms. The first kappa shape index (κ1) is 16.4. The largest absolute Gasteiger partial charge is 0.494 e. The van der Waals surface area contributed by atoms with Gasteiger partial charge in [0, 0.05) is 11.9 Å². The molecule has 1 amide bonds. The Hall–Kier alpha value is -1.99. The van der Waals surface area contributed by atoms with Crippen molar-refractivity contribution in [3.8, 4) is 5.75 Å². The van der Waals surface area contributed by atoms with Gasteiger partial charge in [-0.2, -0.15) is 0 Å². The number of likely N-dealkylation sites (N-methyl/N-ethyl adjacent to an activating group) is 1. The Labute approximate surface area is 132 Å². The summed E-state index contributed by atoms with van der Waals surface area (Å²) >= 11 is 1.39. The number of halogens is 1. The number of rotatable bonds is 6. The number of anilines is 1. The van der Waals surface area contributed by atoms with Gasteiger partial charge in [-0.05, 0) is 31.7 Å². The molecule has 1 aromatic carbocycles. The second kappa shape index (κ2) is 7.33.